The van der Waals surface area contributed by atoms with Crippen LogP contribution in [-0.2, 0) is 16.1 Å². The van der Waals surface area contributed by atoms with Gasteiger partial charge in [-0.3, -0.25) is 9.59 Å². The van der Waals surface area contributed by atoms with Gasteiger partial charge in [0.05, 0.1) is 0 Å². The maximum Gasteiger partial charge on any atom is 0.246 e. The molecule has 4 nitrogen and oxygen atoms in total. The van der Waals surface area contributed by atoms with Crippen molar-refractivity contribution in [2.45, 2.75) is 45.3 Å². The van der Waals surface area contributed by atoms with Gasteiger partial charge in [0.25, 0.3) is 0 Å². The highest BCUT2D eigenvalue weighted by molar-refractivity contribution is 5.96. The molecule has 1 aromatic carbocycles. The molecular weight excluding hydrogens is 278 g/mol. The van der Waals surface area contributed by atoms with Crippen molar-refractivity contribution in [1.82, 2.24) is 10.2 Å². The summed E-state index contributed by atoms with van der Waals surface area (Å²) in [6.07, 6.45) is 1.30. The van der Waals surface area contributed by atoms with Crippen LogP contribution in [0.4, 0.5) is 8.78 Å². The molecule has 2 rings (SSSR count). The van der Waals surface area contributed by atoms with Crippen LogP contribution in [-0.4, -0.2) is 28.8 Å². The third kappa shape index (κ3) is 3.20. The zero-order valence-corrected chi connectivity index (χ0v) is 12.0. The first-order valence-corrected chi connectivity index (χ1v) is 6.98. The predicted octanol–water partition coefficient (Wildman–Crippen LogP) is 1.98. The maximum absolute atomic E-state index is 13.7. The van der Waals surface area contributed by atoms with Crippen LogP contribution in [0.3, 0.4) is 0 Å². The van der Waals surface area contributed by atoms with Gasteiger partial charge in [-0.15, -0.1) is 0 Å². The van der Waals surface area contributed by atoms with Crippen molar-refractivity contribution in [2.75, 3.05) is 0 Å². The third-order valence-corrected chi connectivity index (χ3v) is 3.68. The summed E-state index contributed by atoms with van der Waals surface area (Å²) in [4.78, 5) is 25.6. The molecule has 0 aromatic heterocycles. The molecule has 0 saturated carbocycles. The second-order valence-electron chi connectivity index (χ2n) is 5.23. The van der Waals surface area contributed by atoms with Crippen LogP contribution in [0, 0.1) is 11.6 Å². The van der Waals surface area contributed by atoms with E-state index >= 15 is 0 Å². The van der Waals surface area contributed by atoms with Gasteiger partial charge in [0.15, 0.2) is 0 Å². The van der Waals surface area contributed by atoms with E-state index in [1.54, 1.807) is 6.92 Å². The summed E-state index contributed by atoms with van der Waals surface area (Å²) in [7, 11) is 0. The van der Waals surface area contributed by atoms with E-state index in [-0.39, 0.29) is 23.9 Å². The van der Waals surface area contributed by atoms with Crippen molar-refractivity contribution in [2.24, 2.45) is 0 Å². The Hall–Kier alpha value is -1.98. The number of halogens is 2. The number of nitrogens with zero attached hydrogens (tertiary/aromatic N) is 1. The number of hydrogen-bond acceptors (Lipinski definition) is 2. The van der Waals surface area contributed by atoms with Crippen molar-refractivity contribution < 1.29 is 18.4 Å². The lowest BCUT2D eigenvalue weighted by Gasteiger charge is -2.37. The molecule has 6 heteroatoms. The fourth-order valence-electron chi connectivity index (χ4n) is 2.42. The minimum Gasteiger partial charge on any atom is -0.343 e. The Labute approximate surface area is 122 Å². The fraction of sp³-hybridized carbons (Fsp3) is 0.467. The van der Waals surface area contributed by atoms with E-state index in [1.165, 1.54) is 11.0 Å². The molecule has 1 aliphatic rings. The highest BCUT2D eigenvalue weighted by Gasteiger charge is 2.37. The molecule has 1 heterocycles. The molecule has 2 atom stereocenters. The van der Waals surface area contributed by atoms with E-state index < -0.39 is 23.7 Å². The zero-order chi connectivity index (χ0) is 15.6. The van der Waals surface area contributed by atoms with Gasteiger partial charge in [-0.05, 0) is 19.4 Å². The smallest absolute Gasteiger partial charge is 0.246 e. The second kappa shape index (κ2) is 6.20. The number of hydrogen-bond donors (Lipinski definition) is 1. The summed E-state index contributed by atoms with van der Waals surface area (Å²) in [6.45, 7) is 3.47. The van der Waals surface area contributed by atoms with Crippen LogP contribution in [0.15, 0.2) is 18.2 Å². The predicted molar refractivity (Wildman–Crippen MR) is 73.2 cm³/mol. The highest BCUT2D eigenvalue weighted by atomic mass is 19.1. The summed E-state index contributed by atoms with van der Waals surface area (Å²) in [6, 6.07) is 1.97. The maximum atomic E-state index is 13.7. The molecule has 0 aliphatic carbocycles. The van der Waals surface area contributed by atoms with Gasteiger partial charge >= 0.3 is 0 Å². The number of benzene rings is 1. The lowest BCUT2D eigenvalue weighted by Crippen LogP contribution is -2.61. The Morgan fingerprint density at radius 2 is 2.00 bits per heavy atom. The summed E-state index contributed by atoms with van der Waals surface area (Å²) in [5.41, 5.74) is 0.196. The molecule has 1 fully saturated rings. The van der Waals surface area contributed by atoms with Gasteiger partial charge in [0, 0.05) is 18.2 Å². The highest BCUT2D eigenvalue weighted by Crippen LogP contribution is 2.19. The van der Waals surface area contributed by atoms with E-state index in [0.717, 1.165) is 18.6 Å². The topological polar surface area (TPSA) is 49.4 Å². The average molecular weight is 296 g/mol. The van der Waals surface area contributed by atoms with Gasteiger partial charge in [-0.1, -0.05) is 19.4 Å². The standard InChI is InChI=1S/C15H18F2N2O2/c1-3-4-13-15(21)19(9(2)14(20)18-13)8-10-5-6-11(16)7-12(10)17/h5-7,9,13H,3-4,8H2,1-2H3,(H,18,20). The Morgan fingerprint density at radius 3 is 2.62 bits per heavy atom. The number of rotatable bonds is 4. The molecule has 2 unspecified atom stereocenters. The Kier molecular flexibility index (Phi) is 4.55. The molecular formula is C15H18F2N2O2. The van der Waals surface area contributed by atoms with Crippen LogP contribution in [0.2, 0.25) is 0 Å². The minimum atomic E-state index is -0.715. The SMILES string of the molecule is CCCC1NC(=O)C(C)N(Cc2ccc(F)cc2F)C1=O. The number of carbonyl (C=O) groups excluding carboxylic acids is 2. The third-order valence-electron chi connectivity index (χ3n) is 3.68. The normalized spacial score (nSPS) is 22.4. The van der Waals surface area contributed by atoms with E-state index in [9.17, 15) is 18.4 Å². The van der Waals surface area contributed by atoms with Crippen molar-refractivity contribution in [3.63, 3.8) is 0 Å². The summed E-state index contributed by atoms with van der Waals surface area (Å²) >= 11 is 0. The number of carbonyl (C=O) groups is 2. The average Bonchev–Trinajstić information content (AvgIpc) is 2.43. The Bertz CT molecular complexity index is 563. The quantitative estimate of drug-likeness (QED) is 0.923. The molecule has 1 aromatic rings. The van der Waals surface area contributed by atoms with Gasteiger partial charge in [-0.2, -0.15) is 0 Å². The molecule has 0 radical (unpaired) electrons. The van der Waals surface area contributed by atoms with E-state index in [4.69, 9.17) is 0 Å². The number of nitrogens with one attached hydrogen (secondary N) is 1. The summed E-state index contributed by atoms with van der Waals surface area (Å²) in [5, 5.41) is 2.67. The molecule has 1 aliphatic heterocycles. The van der Waals surface area contributed by atoms with Crippen LogP contribution in [0.1, 0.15) is 32.3 Å². The van der Waals surface area contributed by atoms with Gasteiger partial charge in [0.1, 0.15) is 23.7 Å². The Morgan fingerprint density at radius 1 is 1.29 bits per heavy atom. The van der Waals surface area contributed by atoms with E-state index in [0.29, 0.717) is 6.42 Å². The van der Waals surface area contributed by atoms with Crippen LogP contribution >= 0.6 is 0 Å². The van der Waals surface area contributed by atoms with Crippen molar-refractivity contribution >= 4 is 11.8 Å². The van der Waals surface area contributed by atoms with Gasteiger partial charge < -0.3 is 10.2 Å². The number of piperazine rings is 1. The molecule has 1 saturated heterocycles. The zero-order valence-electron chi connectivity index (χ0n) is 12.0. The van der Waals surface area contributed by atoms with Crippen LogP contribution < -0.4 is 5.32 Å². The van der Waals surface area contributed by atoms with Gasteiger partial charge in [-0.25, -0.2) is 8.78 Å². The lowest BCUT2D eigenvalue weighted by atomic mass is 10.0. The van der Waals surface area contributed by atoms with Crippen LogP contribution in [0.5, 0.6) is 0 Å². The van der Waals surface area contributed by atoms with Crippen molar-refractivity contribution in [1.29, 1.82) is 0 Å². The van der Waals surface area contributed by atoms with Gasteiger partial charge in [0.2, 0.25) is 11.8 Å². The summed E-state index contributed by atoms with van der Waals surface area (Å²) < 4.78 is 26.6. The molecule has 1 N–H and O–H groups in total. The van der Waals surface area contributed by atoms with E-state index in [2.05, 4.69) is 5.32 Å². The molecule has 0 spiro atoms. The first kappa shape index (κ1) is 15.4. The molecule has 114 valence electrons. The minimum absolute atomic E-state index is 0.0419. The Balaban J connectivity index is 2.22. The van der Waals surface area contributed by atoms with Crippen molar-refractivity contribution in [3.8, 4) is 0 Å². The van der Waals surface area contributed by atoms with Crippen LogP contribution in [0.25, 0.3) is 0 Å². The van der Waals surface area contributed by atoms with Crippen molar-refractivity contribution in [3.05, 3.63) is 35.4 Å². The summed E-state index contributed by atoms with van der Waals surface area (Å²) in [5.74, 6) is -1.87. The second-order valence-corrected chi connectivity index (χ2v) is 5.23. The van der Waals surface area contributed by atoms with E-state index in [1.807, 2.05) is 6.92 Å². The molecule has 21 heavy (non-hydrogen) atoms. The molecule has 2 amide bonds. The first-order chi connectivity index (χ1) is 9.93. The lowest BCUT2D eigenvalue weighted by molar-refractivity contribution is -0.149. The molecule has 0 bridgehead atoms. The fourth-order valence-corrected chi connectivity index (χ4v) is 2.42. The largest absolute Gasteiger partial charge is 0.343 e. The first-order valence-electron chi connectivity index (χ1n) is 6.98. The monoisotopic (exact) mass is 296 g/mol. The number of amides is 2.